The Morgan fingerprint density at radius 1 is 1.09 bits per heavy atom. The van der Waals surface area contributed by atoms with E-state index < -0.39 is 102 Å². The fourth-order valence-corrected chi connectivity index (χ4v) is 6.90. The molecule has 2 aliphatic heterocycles. The van der Waals surface area contributed by atoms with Gasteiger partial charge in [-0.3, -0.25) is 19.3 Å². The number of ether oxygens (including phenoxy) is 4. The third kappa shape index (κ3) is 4.93. The second-order valence-electron chi connectivity index (χ2n) is 11.8. The monoisotopic (exact) mass is 613 g/mol. The van der Waals surface area contributed by atoms with Crippen molar-refractivity contribution in [1.29, 1.82) is 0 Å². The van der Waals surface area contributed by atoms with Crippen molar-refractivity contribution in [2.75, 3.05) is 33.4 Å². The molecule has 2 aromatic rings. The lowest BCUT2D eigenvalue weighted by Gasteiger charge is -2.47. The summed E-state index contributed by atoms with van der Waals surface area (Å²) in [7, 11) is 1.52. The number of benzene rings is 2. The Balaban J connectivity index is 1.41. The van der Waals surface area contributed by atoms with Crippen LogP contribution in [0.1, 0.15) is 68.8 Å². The number of phenolic OH excluding ortho intramolecular Hbond substituents is 2. The predicted molar refractivity (Wildman–Crippen MR) is 149 cm³/mol. The quantitative estimate of drug-likeness (QED) is 0.239. The number of phenols is 2. The molecule has 2 aromatic carbocycles. The highest BCUT2D eigenvalue weighted by Gasteiger charge is 2.50. The first-order chi connectivity index (χ1) is 21.0. The molecule has 13 nitrogen and oxygen atoms in total. The van der Waals surface area contributed by atoms with Gasteiger partial charge in [0, 0.05) is 67.8 Å². The largest absolute Gasteiger partial charge is 0.507 e. The SMILES string of the molecule is CO[C@@H]1CN([C@H]2C[C@H](O[C@H]3C[C@](O)(C(=O)CO)Cc4c(O)c5c(c(O)c43)C(=O)c3ccccc3C5=O)O[C@@H](C)[C@H]2O)CCO1. The Bertz CT molecular complexity index is 1510. The maximum absolute atomic E-state index is 13.6. The number of nitrogens with zero attached hydrogens (tertiary/aromatic N) is 1. The molecule has 2 fully saturated rings. The normalized spacial score (nSPS) is 32.1. The van der Waals surface area contributed by atoms with Gasteiger partial charge in [-0.1, -0.05) is 24.3 Å². The van der Waals surface area contributed by atoms with E-state index in [2.05, 4.69) is 0 Å². The standard InChI is InChI=1S/C31H35NO12/c1-14-26(35)18(32-7-8-42-22(12-32)41-2)9-21(43-14)44-19-11-31(40,20(34)13-33)10-17-23(19)30(39)25-24(29(17)38)27(36)15-5-3-4-6-16(15)28(25)37/h3-6,14,18-19,21-22,26,33,35,38-40H,7-13H2,1-2H3/t14-,18-,19-,21-,22-,26+,31-/m0/s1. The minimum atomic E-state index is -2.24. The number of hydrogen-bond donors (Lipinski definition) is 5. The Labute approximate surface area is 252 Å². The van der Waals surface area contributed by atoms with Crippen LogP contribution in [0, 0.1) is 0 Å². The smallest absolute Gasteiger partial charge is 0.198 e. The summed E-state index contributed by atoms with van der Waals surface area (Å²) in [4.78, 5) is 41.8. The second-order valence-corrected chi connectivity index (χ2v) is 11.8. The number of fused-ring (bicyclic) bond motifs is 3. The van der Waals surface area contributed by atoms with E-state index in [1.54, 1.807) is 19.1 Å². The van der Waals surface area contributed by atoms with Crippen molar-refractivity contribution in [2.45, 2.75) is 68.7 Å². The van der Waals surface area contributed by atoms with Gasteiger partial charge in [0.2, 0.25) is 0 Å². The molecule has 0 saturated carbocycles. The second kappa shape index (κ2) is 11.6. The van der Waals surface area contributed by atoms with Crippen LogP contribution in [0.5, 0.6) is 11.5 Å². The number of ketones is 3. The molecular formula is C31H35NO12. The number of morpholine rings is 1. The fourth-order valence-electron chi connectivity index (χ4n) is 6.90. The van der Waals surface area contributed by atoms with Crippen molar-refractivity contribution >= 4 is 17.3 Å². The molecule has 4 aliphatic rings. The minimum absolute atomic E-state index is 0.0398. The zero-order valence-electron chi connectivity index (χ0n) is 24.3. The van der Waals surface area contributed by atoms with Crippen LogP contribution in [0.15, 0.2) is 24.3 Å². The van der Waals surface area contributed by atoms with E-state index in [-0.39, 0.29) is 28.7 Å². The van der Waals surface area contributed by atoms with Gasteiger partial charge >= 0.3 is 0 Å². The van der Waals surface area contributed by atoms with Crippen molar-refractivity contribution in [1.82, 2.24) is 4.90 Å². The van der Waals surface area contributed by atoms with E-state index in [0.717, 1.165) is 0 Å². The first-order valence-corrected chi connectivity index (χ1v) is 14.5. The number of carbonyl (C=O) groups is 3. The Morgan fingerprint density at radius 2 is 1.75 bits per heavy atom. The van der Waals surface area contributed by atoms with Crippen LogP contribution >= 0.6 is 0 Å². The number of aliphatic hydroxyl groups excluding tert-OH is 2. The zero-order valence-corrected chi connectivity index (χ0v) is 24.3. The molecule has 0 radical (unpaired) electrons. The molecule has 5 N–H and O–H groups in total. The number of methoxy groups -OCH3 is 1. The summed E-state index contributed by atoms with van der Waals surface area (Å²) < 4.78 is 23.2. The molecule has 0 amide bonds. The van der Waals surface area contributed by atoms with E-state index in [4.69, 9.17) is 18.9 Å². The maximum Gasteiger partial charge on any atom is 0.198 e. The molecule has 236 valence electrons. The van der Waals surface area contributed by atoms with Gasteiger partial charge in [0.1, 0.15) is 23.7 Å². The van der Waals surface area contributed by atoms with Crippen LogP contribution in [0.2, 0.25) is 0 Å². The summed E-state index contributed by atoms with van der Waals surface area (Å²) in [5, 5.41) is 55.1. The lowest BCUT2D eigenvalue weighted by molar-refractivity contribution is -0.266. The molecule has 44 heavy (non-hydrogen) atoms. The van der Waals surface area contributed by atoms with Gasteiger partial charge in [0.15, 0.2) is 29.9 Å². The lowest BCUT2D eigenvalue weighted by Crippen LogP contribution is -2.59. The number of Topliss-reactive ketones (excluding diaryl/α,β-unsaturated/α-hetero) is 1. The highest BCUT2D eigenvalue weighted by molar-refractivity contribution is 6.30. The number of aromatic hydroxyl groups is 2. The van der Waals surface area contributed by atoms with Gasteiger partial charge in [-0.2, -0.15) is 0 Å². The maximum atomic E-state index is 13.6. The number of carbonyl (C=O) groups excluding carboxylic acids is 3. The zero-order chi connectivity index (χ0) is 31.5. The lowest BCUT2D eigenvalue weighted by atomic mass is 9.72. The van der Waals surface area contributed by atoms with Crippen LogP contribution in [0.4, 0.5) is 0 Å². The number of hydrogen-bond acceptors (Lipinski definition) is 13. The Hall–Kier alpha value is -3.27. The number of rotatable bonds is 6. The van der Waals surface area contributed by atoms with Crippen molar-refractivity contribution < 1.29 is 58.9 Å². The van der Waals surface area contributed by atoms with Crippen molar-refractivity contribution in [3.63, 3.8) is 0 Å². The van der Waals surface area contributed by atoms with Crippen molar-refractivity contribution in [3.05, 3.63) is 57.6 Å². The van der Waals surface area contributed by atoms with Gasteiger partial charge < -0.3 is 44.5 Å². The van der Waals surface area contributed by atoms with Crippen molar-refractivity contribution in [3.8, 4) is 11.5 Å². The highest BCUT2D eigenvalue weighted by Crippen LogP contribution is 2.52. The fraction of sp³-hybridized carbons (Fsp3) is 0.516. The van der Waals surface area contributed by atoms with Crippen LogP contribution in [-0.2, 0) is 30.2 Å². The third-order valence-electron chi connectivity index (χ3n) is 9.23. The van der Waals surface area contributed by atoms with Crippen LogP contribution < -0.4 is 0 Å². The highest BCUT2D eigenvalue weighted by atomic mass is 16.7. The van der Waals surface area contributed by atoms with E-state index in [1.165, 1.54) is 19.2 Å². The topological polar surface area (TPSA) is 193 Å². The van der Waals surface area contributed by atoms with Crippen molar-refractivity contribution in [2.24, 2.45) is 0 Å². The van der Waals surface area contributed by atoms with E-state index in [0.29, 0.717) is 19.7 Å². The average Bonchev–Trinajstić information content (AvgIpc) is 3.02. The van der Waals surface area contributed by atoms with E-state index in [1.807, 2.05) is 4.90 Å². The molecule has 13 heteroatoms. The molecule has 0 aromatic heterocycles. The molecule has 2 heterocycles. The summed E-state index contributed by atoms with van der Waals surface area (Å²) in [5.41, 5.74) is -3.20. The summed E-state index contributed by atoms with van der Waals surface area (Å²) in [6.45, 7) is 1.93. The number of aliphatic hydroxyl groups is 3. The Morgan fingerprint density at radius 3 is 2.39 bits per heavy atom. The first kappa shape index (κ1) is 30.7. The van der Waals surface area contributed by atoms with Gasteiger partial charge in [-0.05, 0) is 6.92 Å². The van der Waals surface area contributed by atoms with Crippen LogP contribution in [-0.4, -0.2) is 118 Å². The summed E-state index contributed by atoms with van der Waals surface area (Å²) in [5.74, 6) is -3.61. The molecule has 2 saturated heterocycles. The van der Waals surface area contributed by atoms with Gasteiger partial charge in [0.05, 0.1) is 36.0 Å². The van der Waals surface area contributed by atoms with Gasteiger partial charge in [-0.15, -0.1) is 0 Å². The average molecular weight is 614 g/mol. The molecule has 6 rings (SSSR count). The van der Waals surface area contributed by atoms with Crippen LogP contribution in [0.3, 0.4) is 0 Å². The van der Waals surface area contributed by atoms with Gasteiger partial charge in [-0.25, -0.2) is 0 Å². The minimum Gasteiger partial charge on any atom is -0.507 e. The van der Waals surface area contributed by atoms with Gasteiger partial charge in [0.25, 0.3) is 0 Å². The first-order valence-electron chi connectivity index (χ1n) is 14.5. The van der Waals surface area contributed by atoms with Crippen LogP contribution in [0.25, 0.3) is 0 Å². The molecule has 0 bridgehead atoms. The Kier molecular flexibility index (Phi) is 8.09. The molecular weight excluding hydrogens is 578 g/mol. The molecule has 0 spiro atoms. The summed E-state index contributed by atoms with van der Waals surface area (Å²) in [6.07, 6.45) is -5.29. The summed E-state index contributed by atoms with van der Waals surface area (Å²) >= 11 is 0. The van der Waals surface area contributed by atoms with E-state index in [9.17, 15) is 39.9 Å². The molecule has 2 aliphatic carbocycles. The summed E-state index contributed by atoms with van der Waals surface area (Å²) in [6, 6.07) is 5.57. The molecule has 0 unspecified atom stereocenters. The third-order valence-corrected chi connectivity index (χ3v) is 9.23. The molecule has 7 atom stereocenters. The van der Waals surface area contributed by atoms with E-state index >= 15 is 0 Å². The predicted octanol–water partition coefficient (Wildman–Crippen LogP) is 0.339.